The maximum Gasteiger partial charge on any atom is 0.451 e. The summed E-state index contributed by atoms with van der Waals surface area (Å²) in [5, 5.41) is 0. The van der Waals surface area contributed by atoms with Gasteiger partial charge in [0.1, 0.15) is 0 Å². The van der Waals surface area contributed by atoms with Crippen LogP contribution in [0.25, 0.3) is 0 Å². The molecule has 0 radical (unpaired) electrons. The van der Waals surface area contributed by atoms with Crippen LogP contribution in [0.2, 0.25) is 0 Å². The number of hydrogen-bond donors (Lipinski definition) is 0. The van der Waals surface area contributed by atoms with E-state index in [-0.39, 0.29) is 17.5 Å². The number of aromatic nitrogens is 2. The van der Waals surface area contributed by atoms with Crippen molar-refractivity contribution in [1.29, 1.82) is 0 Å². The lowest BCUT2D eigenvalue weighted by Crippen LogP contribution is -2.37. The fourth-order valence-electron chi connectivity index (χ4n) is 3.06. The van der Waals surface area contributed by atoms with Crippen molar-refractivity contribution in [2.24, 2.45) is 0 Å². The van der Waals surface area contributed by atoms with E-state index >= 15 is 0 Å². The fraction of sp³-hybridized carbons (Fsp3) is 0.389. The SMILES string of the molecule is Cc1ccc(C[C@@H]2CCCN2C(=O)c2cnc(C(F)(F)F)nc2)cc1. The molecule has 1 aliphatic heterocycles. The predicted octanol–water partition coefficient (Wildman–Crippen LogP) is 3.65. The Kier molecular flexibility index (Phi) is 4.74. The zero-order valence-electron chi connectivity index (χ0n) is 13.8. The molecule has 0 spiro atoms. The Bertz CT molecular complexity index is 742. The second-order valence-electron chi connectivity index (χ2n) is 6.28. The molecule has 2 heterocycles. The van der Waals surface area contributed by atoms with Crippen molar-refractivity contribution < 1.29 is 18.0 Å². The Morgan fingerprint density at radius 2 is 1.84 bits per heavy atom. The first kappa shape index (κ1) is 17.4. The van der Waals surface area contributed by atoms with Gasteiger partial charge < -0.3 is 4.90 Å². The number of likely N-dealkylation sites (tertiary alicyclic amines) is 1. The normalized spacial score (nSPS) is 17.8. The van der Waals surface area contributed by atoms with Crippen molar-refractivity contribution in [3.63, 3.8) is 0 Å². The monoisotopic (exact) mass is 349 g/mol. The Hall–Kier alpha value is -2.44. The van der Waals surface area contributed by atoms with Crippen LogP contribution in [0.3, 0.4) is 0 Å². The highest BCUT2D eigenvalue weighted by Gasteiger charge is 2.35. The van der Waals surface area contributed by atoms with E-state index in [0.29, 0.717) is 6.54 Å². The lowest BCUT2D eigenvalue weighted by Gasteiger charge is -2.25. The van der Waals surface area contributed by atoms with Gasteiger partial charge in [-0.2, -0.15) is 13.2 Å². The van der Waals surface area contributed by atoms with E-state index in [1.807, 2.05) is 31.2 Å². The minimum Gasteiger partial charge on any atom is -0.335 e. The van der Waals surface area contributed by atoms with Gasteiger partial charge in [0.15, 0.2) is 0 Å². The van der Waals surface area contributed by atoms with Gasteiger partial charge in [0, 0.05) is 25.0 Å². The average Bonchev–Trinajstić information content (AvgIpc) is 3.04. The lowest BCUT2D eigenvalue weighted by atomic mass is 10.0. The number of benzene rings is 1. The summed E-state index contributed by atoms with van der Waals surface area (Å²) in [5.74, 6) is -1.55. The summed E-state index contributed by atoms with van der Waals surface area (Å²) in [4.78, 5) is 20.9. The molecule has 0 aliphatic carbocycles. The summed E-state index contributed by atoms with van der Waals surface area (Å²) >= 11 is 0. The topological polar surface area (TPSA) is 46.1 Å². The van der Waals surface area contributed by atoms with E-state index in [9.17, 15) is 18.0 Å². The molecule has 2 aromatic rings. The van der Waals surface area contributed by atoms with Crippen LogP contribution in [0.5, 0.6) is 0 Å². The zero-order chi connectivity index (χ0) is 18.0. The number of amides is 1. The van der Waals surface area contributed by atoms with E-state index in [4.69, 9.17) is 0 Å². The van der Waals surface area contributed by atoms with E-state index < -0.39 is 12.0 Å². The molecule has 1 amide bonds. The maximum atomic E-state index is 12.6. The fourth-order valence-corrected chi connectivity index (χ4v) is 3.06. The van der Waals surface area contributed by atoms with Crippen molar-refractivity contribution in [1.82, 2.24) is 14.9 Å². The summed E-state index contributed by atoms with van der Waals surface area (Å²) in [6.45, 7) is 2.61. The highest BCUT2D eigenvalue weighted by Crippen LogP contribution is 2.26. The van der Waals surface area contributed by atoms with E-state index in [1.165, 1.54) is 5.56 Å². The van der Waals surface area contributed by atoms with Crippen molar-refractivity contribution in [2.45, 2.75) is 38.4 Å². The molecule has 25 heavy (non-hydrogen) atoms. The predicted molar refractivity (Wildman–Crippen MR) is 86.0 cm³/mol. The highest BCUT2D eigenvalue weighted by molar-refractivity contribution is 5.94. The van der Waals surface area contributed by atoms with Gasteiger partial charge in [0.05, 0.1) is 5.56 Å². The van der Waals surface area contributed by atoms with Crippen LogP contribution in [0.15, 0.2) is 36.7 Å². The van der Waals surface area contributed by atoms with Gasteiger partial charge >= 0.3 is 6.18 Å². The molecule has 0 N–H and O–H groups in total. The molecule has 1 aromatic heterocycles. The van der Waals surface area contributed by atoms with Crippen LogP contribution in [0.4, 0.5) is 13.2 Å². The number of carbonyl (C=O) groups excluding carboxylic acids is 1. The standard InChI is InChI=1S/C18H18F3N3O/c1-12-4-6-13(7-5-12)9-15-3-2-8-24(15)16(25)14-10-22-17(23-11-14)18(19,20)21/h4-7,10-11,15H,2-3,8-9H2,1H3/t15-/m0/s1. The van der Waals surface area contributed by atoms with E-state index in [0.717, 1.165) is 37.2 Å². The highest BCUT2D eigenvalue weighted by atomic mass is 19.4. The number of alkyl halides is 3. The Morgan fingerprint density at radius 1 is 1.20 bits per heavy atom. The molecule has 1 atom stereocenters. The maximum absolute atomic E-state index is 12.6. The van der Waals surface area contributed by atoms with Crippen molar-refractivity contribution in [2.75, 3.05) is 6.54 Å². The second-order valence-corrected chi connectivity index (χ2v) is 6.28. The summed E-state index contributed by atoms with van der Waals surface area (Å²) in [5.41, 5.74) is 2.40. The first-order valence-corrected chi connectivity index (χ1v) is 8.10. The van der Waals surface area contributed by atoms with Gasteiger partial charge in [-0.3, -0.25) is 4.79 Å². The van der Waals surface area contributed by atoms with Gasteiger partial charge in [0.25, 0.3) is 5.91 Å². The quantitative estimate of drug-likeness (QED) is 0.850. The van der Waals surface area contributed by atoms with Gasteiger partial charge in [0.2, 0.25) is 5.82 Å². The third-order valence-electron chi connectivity index (χ3n) is 4.38. The Balaban J connectivity index is 1.73. The molecular weight excluding hydrogens is 331 g/mol. The first-order chi connectivity index (χ1) is 11.8. The van der Waals surface area contributed by atoms with Gasteiger partial charge in [-0.05, 0) is 31.7 Å². The van der Waals surface area contributed by atoms with Crippen molar-refractivity contribution >= 4 is 5.91 Å². The van der Waals surface area contributed by atoms with Crippen molar-refractivity contribution in [3.05, 3.63) is 59.2 Å². The van der Waals surface area contributed by atoms with Crippen LogP contribution in [-0.4, -0.2) is 33.4 Å². The molecule has 132 valence electrons. The van der Waals surface area contributed by atoms with Gasteiger partial charge in [-0.15, -0.1) is 0 Å². The van der Waals surface area contributed by atoms with Crippen LogP contribution in [0.1, 0.15) is 40.2 Å². The number of aryl methyl sites for hydroxylation is 1. The Morgan fingerprint density at radius 3 is 2.44 bits per heavy atom. The average molecular weight is 349 g/mol. The minimum atomic E-state index is -4.61. The second kappa shape index (κ2) is 6.82. The van der Waals surface area contributed by atoms with Gasteiger partial charge in [-0.1, -0.05) is 29.8 Å². The van der Waals surface area contributed by atoms with Crippen LogP contribution < -0.4 is 0 Å². The summed E-state index contributed by atoms with van der Waals surface area (Å²) in [7, 11) is 0. The molecule has 1 aromatic carbocycles. The molecular formula is C18H18F3N3O. The van der Waals surface area contributed by atoms with Crippen LogP contribution in [-0.2, 0) is 12.6 Å². The molecule has 0 bridgehead atoms. The van der Waals surface area contributed by atoms with E-state index in [2.05, 4.69) is 9.97 Å². The molecule has 7 heteroatoms. The zero-order valence-corrected chi connectivity index (χ0v) is 13.8. The number of nitrogens with zero attached hydrogens (tertiary/aromatic N) is 3. The Labute approximate surface area is 143 Å². The molecule has 1 aliphatic rings. The van der Waals surface area contributed by atoms with Crippen molar-refractivity contribution in [3.8, 4) is 0 Å². The molecule has 0 unspecified atom stereocenters. The number of hydrogen-bond acceptors (Lipinski definition) is 3. The van der Waals surface area contributed by atoms with E-state index in [1.54, 1.807) is 4.90 Å². The molecule has 1 saturated heterocycles. The lowest BCUT2D eigenvalue weighted by molar-refractivity contribution is -0.145. The summed E-state index contributed by atoms with van der Waals surface area (Å²) in [6.07, 6.45) is -0.208. The van der Waals surface area contributed by atoms with Crippen LogP contribution in [0, 0.1) is 6.92 Å². The summed E-state index contributed by atoms with van der Waals surface area (Å²) < 4.78 is 37.6. The molecule has 4 nitrogen and oxygen atoms in total. The molecule has 0 saturated carbocycles. The third kappa shape index (κ3) is 3.97. The molecule has 1 fully saturated rings. The number of carbonyl (C=O) groups is 1. The van der Waals surface area contributed by atoms with Crippen LogP contribution >= 0.6 is 0 Å². The third-order valence-corrected chi connectivity index (χ3v) is 4.38. The number of halogens is 3. The molecule has 3 rings (SSSR count). The van der Waals surface area contributed by atoms with Gasteiger partial charge in [-0.25, -0.2) is 9.97 Å². The smallest absolute Gasteiger partial charge is 0.335 e. The summed E-state index contributed by atoms with van der Waals surface area (Å²) in [6, 6.07) is 8.17. The minimum absolute atomic E-state index is 0.0394. The largest absolute Gasteiger partial charge is 0.451 e. The first-order valence-electron chi connectivity index (χ1n) is 8.10. The number of rotatable bonds is 3.